The Morgan fingerprint density at radius 2 is 0.440 bits per heavy atom. The fourth-order valence-corrected chi connectivity index (χ4v) is 11.9. The maximum Gasteiger partial charge on any atom is 0.0468 e. The molecule has 0 aliphatic rings. The van der Waals surface area contributed by atoms with Gasteiger partial charge in [-0.15, -0.1) is 0 Å². The second-order valence-corrected chi connectivity index (χ2v) is 21.3. The highest BCUT2D eigenvalue weighted by Gasteiger charge is 2.25. The van der Waals surface area contributed by atoms with Gasteiger partial charge in [0.2, 0.25) is 0 Å². The van der Waals surface area contributed by atoms with E-state index in [1.54, 1.807) is 0 Å². The van der Waals surface area contributed by atoms with E-state index in [0.29, 0.717) is 0 Å². The molecule has 396 valence electrons. The van der Waals surface area contributed by atoms with Crippen molar-refractivity contribution in [2.45, 2.75) is 0 Å². The van der Waals surface area contributed by atoms with Crippen molar-refractivity contribution in [3.8, 4) is 44.5 Å². The van der Waals surface area contributed by atoms with Gasteiger partial charge in [0, 0.05) is 34.1 Å². The zero-order chi connectivity index (χ0) is 56.0. The molecule has 0 aromatic heterocycles. The molecule has 0 aliphatic heterocycles. The van der Waals surface area contributed by atoms with Gasteiger partial charge in [-0.1, -0.05) is 279 Å². The molecule has 14 rings (SSSR count). The summed E-state index contributed by atoms with van der Waals surface area (Å²) >= 11 is 0. The third-order valence-electron chi connectivity index (χ3n) is 16.0. The van der Waals surface area contributed by atoms with E-state index in [1.165, 1.54) is 65.7 Å². The summed E-state index contributed by atoms with van der Waals surface area (Å²) < 4.78 is 0. The summed E-state index contributed by atoms with van der Waals surface area (Å²) in [6, 6.07) is 119. The molecule has 0 heterocycles. The highest BCUT2D eigenvalue weighted by atomic mass is 15.1. The predicted molar refractivity (Wildman–Crippen MR) is 361 cm³/mol. The lowest BCUT2D eigenvalue weighted by molar-refractivity contribution is 1.29. The van der Waals surface area contributed by atoms with Crippen LogP contribution in [-0.2, 0) is 0 Å². The maximum absolute atomic E-state index is 2.37. The molecule has 0 aliphatic carbocycles. The van der Waals surface area contributed by atoms with E-state index >= 15 is 0 Å². The Balaban J connectivity index is 0.902. The lowest BCUT2D eigenvalue weighted by atomic mass is 9.79. The normalized spacial score (nSPS) is 11.5. The van der Waals surface area contributed by atoms with Crippen LogP contribution >= 0.6 is 0 Å². The first-order valence-corrected chi connectivity index (χ1v) is 28.8. The van der Waals surface area contributed by atoms with Gasteiger partial charge < -0.3 is 9.80 Å². The van der Waals surface area contributed by atoms with Crippen molar-refractivity contribution >= 4 is 90.7 Å². The Kier molecular flexibility index (Phi) is 14.1. The van der Waals surface area contributed by atoms with Crippen LogP contribution in [0.3, 0.4) is 0 Å². The number of rotatable bonds is 14. The Hall–Kier alpha value is -11.1. The van der Waals surface area contributed by atoms with Crippen LogP contribution < -0.4 is 9.80 Å². The fraction of sp³-hybridized carbons (Fsp3) is 0. The molecule has 0 unspecified atom stereocenters. The highest BCUT2D eigenvalue weighted by Crippen LogP contribution is 2.52. The van der Waals surface area contributed by atoms with Crippen LogP contribution in [0.1, 0.15) is 22.3 Å². The van der Waals surface area contributed by atoms with E-state index in [2.05, 4.69) is 362 Å². The molecule has 0 amide bonds. The van der Waals surface area contributed by atoms with Crippen LogP contribution in [0.4, 0.5) is 34.1 Å². The van der Waals surface area contributed by atoms with Gasteiger partial charge in [-0.3, -0.25) is 0 Å². The molecule has 2 nitrogen and oxygen atoms in total. The van der Waals surface area contributed by atoms with Crippen molar-refractivity contribution in [1.82, 2.24) is 0 Å². The summed E-state index contributed by atoms with van der Waals surface area (Å²) in [5.41, 5.74) is 20.5. The molecular formula is C82H58N2. The molecule has 0 bridgehead atoms. The van der Waals surface area contributed by atoms with Gasteiger partial charge in [0.25, 0.3) is 0 Å². The minimum absolute atomic E-state index is 1.07. The monoisotopic (exact) mass is 1070 g/mol. The highest BCUT2D eigenvalue weighted by molar-refractivity contribution is 6.18. The average Bonchev–Trinajstić information content (AvgIpc) is 1.97. The zero-order valence-corrected chi connectivity index (χ0v) is 46.4. The zero-order valence-electron chi connectivity index (χ0n) is 46.4. The minimum Gasteiger partial charge on any atom is -0.310 e. The van der Waals surface area contributed by atoms with Crippen LogP contribution in [0.2, 0.25) is 0 Å². The first-order valence-electron chi connectivity index (χ1n) is 28.8. The smallest absolute Gasteiger partial charge is 0.0468 e. The summed E-state index contributed by atoms with van der Waals surface area (Å²) in [5, 5.41) is 7.19. The van der Waals surface area contributed by atoms with Gasteiger partial charge in [0.05, 0.1) is 0 Å². The van der Waals surface area contributed by atoms with Crippen molar-refractivity contribution in [2.24, 2.45) is 0 Å². The molecule has 0 spiro atoms. The van der Waals surface area contributed by atoms with Crippen molar-refractivity contribution in [3.05, 3.63) is 350 Å². The maximum atomic E-state index is 2.37. The number of nitrogens with zero attached hydrogens (tertiary/aromatic N) is 2. The lowest BCUT2D eigenvalue weighted by Crippen LogP contribution is -2.10. The number of hydrogen-bond donors (Lipinski definition) is 0. The Morgan fingerprint density at radius 3 is 0.798 bits per heavy atom. The van der Waals surface area contributed by atoms with Crippen LogP contribution in [0.5, 0.6) is 0 Å². The van der Waals surface area contributed by atoms with Crippen molar-refractivity contribution < 1.29 is 0 Å². The van der Waals surface area contributed by atoms with Gasteiger partial charge in [-0.2, -0.15) is 0 Å². The number of fused-ring (bicyclic) bond motifs is 3. The van der Waals surface area contributed by atoms with Crippen LogP contribution in [0.25, 0.3) is 101 Å². The Morgan fingerprint density at radius 1 is 0.179 bits per heavy atom. The first kappa shape index (κ1) is 51.1. The summed E-state index contributed by atoms with van der Waals surface area (Å²) in [5.74, 6) is 0. The molecule has 84 heavy (non-hydrogen) atoms. The molecule has 0 saturated heterocycles. The third kappa shape index (κ3) is 10.5. The van der Waals surface area contributed by atoms with Gasteiger partial charge in [0.15, 0.2) is 0 Å². The number of hydrogen-bond acceptors (Lipinski definition) is 2. The molecule has 0 saturated carbocycles. The van der Waals surface area contributed by atoms with Gasteiger partial charge in [-0.25, -0.2) is 0 Å². The van der Waals surface area contributed by atoms with E-state index in [-0.39, 0.29) is 0 Å². The minimum atomic E-state index is 1.07. The summed E-state index contributed by atoms with van der Waals surface area (Å²) in [6.45, 7) is 0. The number of benzene rings is 14. The van der Waals surface area contributed by atoms with Crippen molar-refractivity contribution in [2.75, 3.05) is 9.80 Å². The fourth-order valence-electron chi connectivity index (χ4n) is 11.9. The molecule has 14 aromatic carbocycles. The van der Waals surface area contributed by atoms with E-state index in [4.69, 9.17) is 0 Å². The van der Waals surface area contributed by atoms with Gasteiger partial charge in [-0.05, 0) is 172 Å². The van der Waals surface area contributed by atoms with Crippen LogP contribution in [-0.4, -0.2) is 0 Å². The largest absolute Gasteiger partial charge is 0.310 e. The molecule has 0 fully saturated rings. The predicted octanol–water partition coefficient (Wildman–Crippen LogP) is 23.1. The molecule has 2 heteroatoms. The standard InChI is InChI=1S/C82H58N2/c1-5-19-59(20-6-1)33-35-61-37-47-71(48-38-61)83(75-55-41-63-23-13-15-29-69(63)57-75)73-51-43-67(44-52-73)79-77-31-17-18-32-78(77)80(82(66-27-11-4-12-28-66)81(79)65-25-9-3-10-26-65)68-45-53-74(54-46-68)84(76-56-42-64-24-14-16-30-70(64)58-76)72-49-39-62(40-50-72)36-34-60-21-7-2-8-22-60/h1-58H. The van der Waals surface area contributed by atoms with Crippen molar-refractivity contribution in [1.29, 1.82) is 0 Å². The van der Waals surface area contributed by atoms with E-state index < -0.39 is 0 Å². The number of anilines is 6. The Bertz CT molecular complexity index is 4350. The van der Waals surface area contributed by atoms with Gasteiger partial charge >= 0.3 is 0 Å². The lowest BCUT2D eigenvalue weighted by Gasteiger charge is -2.28. The van der Waals surface area contributed by atoms with Crippen molar-refractivity contribution in [3.63, 3.8) is 0 Å². The van der Waals surface area contributed by atoms with E-state index in [0.717, 1.165) is 67.5 Å². The second kappa shape index (κ2) is 23.2. The first-order chi connectivity index (χ1) is 41.6. The van der Waals surface area contributed by atoms with Crippen LogP contribution in [0, 0.1) is 0 Å². The summed E-state index contributed by atoms with van der Waals surface area (Å²) in [7, 11) is 0. The molecule has 0 atom stereocenters. The molecule has 0 radical (unpaired) electrons. The SMILES string of the molecule is C(=Cc1ccc(N(c2ccc(-c3c(-c4ccccc4)c(-c4ccccc4)c(-c4ccc(N(c5ccc(C=Cc6ccccc6)cc5)c5ccc6ccccc6c5)cc4)c4ccccc34)cc2)c2ccc3ccccc3c2)cc1)c1ccccc1. The van der Waals surface area contributed by atoms with Crippen LogP contribution in [0.15, 0.2) is 328 Å². The molecular weight excluding hydrogens is 1010 g/mol. The summed E-state index contributed by atoms with van der Waals surface area (Å²) in [6.07, 6.45) is 8.70. The molecule has 14 aromatic rings. The van der Waals surface area contributed by atoms with E-state index in [1.807, 2.05) is 0 Å². The second-order valence-electron chi connectivity index (χ2n) is 21.3. The summed E-state index contributed by atoms with van der Waals surface area (Å²) in [4.78, 5) is 4.75. The van der Waals surface area contributed by atoms with E-state index in [9.17, 15) is 0 Å². The topological polar surface area (TPSA) is 6.48 Å². The third-order valence-corrected chi connectivity index (χ3v) is 16.0. The molecule has 0 N–H and O–H groups in total. The Labute approximate surface area is 492 Å². The quantitative estimate of drug-likeness (QED) is 0.100. The van der Waals surface area contributed by atoms with Gasteiger partial charge in [0.1, 0.15) is 0 Å². The average molecular weight is 1070 g/mol.